The standard InChI is InChI=1S/C16H25NO2/c1-3-9-19-16-7-5-4-6-14(16)15(17-2)11-13-8-10-18-12-13/h4-7,13,15,17H,3,8-12H2,1-2H3. The monoisotopic (exact) mass is 263 g/mol. The quantitative estimate of drug-likeness (QED) is 0.819. The number of nitrogens with one attached hydrogen (secondary N) is 1. The van der Waals surface area contributed by atoms with Crippen LogP contribution >= 0.6 is 0 Å². The van der Waals surface area contributed by atoms with Gasteiger partial charge in [-0.1, -0.05) is 25.1 Å². The van der Waals surface area contributed by atoms with Crippen LogP contribution in [0, 0.1) is 5.92 Å². The third kappa shape index (κ3) is 3.95. The van der Waals surface area contributed by atoms with Crippen molar-refractivity contribution in [2.24, 2.45) is 5.92 Å². The van der Waals surface area contributed by atoms with Crippen molar-refractivity contribution in [1.29, 1.82) is 0 Å². The molecule has 0 aromatic heterocycles. The van der Waals surface area contributed by atoms with Gasteiger partial charge in [-0.2, -0.15) is 0 Å². The van der Waals surface area contributed by atoms with Crippen molar-refractivity contribution in [3.8, 4) is 5.75 Å². The molecule has 1 fully saturated rings. The zero-order valence-electron chi connectivity index (χ0n) is 12.0. The highest BCUT2D eigenvalue weighted by molar-refractivity contribution is 5.36. The smallest absolute Gasteiger partial charge is 0.124 e. The zero-order chi connectivity index (χ0) is 13.5. The Labute approximate surface area is 116 Å². The van der Waals surface area contributed by atoms with E-state index in [1.807, 2.05) is 13.1 Å². The number of benzene rings is 1. The molecule has 0 saturated carbocycles. The molecule has 3 heteroatoms. The van der Waals surface area contributed by atoms with E-state index in [1.165, 1.54) is 12.0 Å². The number of rotatable bonds is 7. The van der Waals surface area contributed by atoms with Crippen LogP contribution in [0.15, 0.2) is 24.3 Å². The molecular weight excluding hydrogens is 238 g/mol. The normalized spacial score (nSPS) is 20.4. The Morgan fingerprint density at radius 3 is 2.95 bits per heavy atom. The highest BCUT2D eigenvalue weighted by Crippen LogP contribution is 2.31. The maximum absolute atomic E-state index is 5.86. The van der Waals surface area contributed by atoms with E-state index in [2.05, 4.69) is 30.4 Å². The van der Waals surface area contributed by atoms with Gasteiger partial charge < -0.3 is 14.8 Å². The van der Waals surface area contributed by atoms with Crippen LogP contribution in [-0.4, -0.2) is 26.9 Å². The van der Waals surface area contributed by atoms with Gasteiger partial charge in [0.05, 0.1) is 6.61 Å². The summed E-state index contributed by atoms with van der Waals surface area (Å²) in [5, 5.41) is 3.43. The lowest BCUT2D eigenvalue weighted by molar-refractivity contribution is 0.181. The first-order valence-electron chi connectivity index (χ1n) is 7.31. The van der Waals surface area contributed by atoms with E-state index in [9.17, 15) is 0 Å². The van der Waals surface area contributed by atoms with Crippen LogP contribution in [0.3, 0.4) is 0 Å². The van der Waals surface area contributed by atoms with Crippen LogP contribution in [-0.2, 0) is 4.74 Å². The second-order valence-corrected chi connectivity index (χ2v) is 5.19. The van der Waals surface area contributed by atoms with E-state index in [0.717, 1.165) is 38.4 Å². The van der Waals surface area contributed by atoms with Crippen molar-refractivity contribution in [3.63, 3.8) is 0 Å². The summed E-state index contributed by atoms with van der Waals surface area (Å²) in [4.78, 5) is 0. The van der Waals surface area contributed by atoms with Crippen molar-refractivity contribution in [1.82, 2.24) is 5.32 Å². The summed E-state index contributed by atoms with van der Waals surface area (Å²) in [7, 11) is 2.02. The maximum atomic E-state index is 5.86. The zero-order valence-corrected chi connectivity index (χ0v) is 12.0. The molecule has 19 heavy (non-hydrogen) atoms. The summed E-state index contributed by atoms with van der Waals surface area (Å²) in [5.41, 5.74) is 1.27. The molecule has 0 bridgehead atoms. The Hall–Kier alpha value is -1.06. The molecule has 1 saturated heterocycles. The maximum Gasteiger partial charge on any atom is 0.124 e. The van der Waals surface area contributed by atoms with Crippen LogP contribution in [0.1, 0.15) is 37.8 Å². The van der Waals surface area contributed by atoms with Crippen molar-refractivity contribution >= 4 is 0 Å². The Morgan fingerprint density at radius 2 is 2.26 bits per heavy atom. The van der Waals surface area contributed by atoms with Gasteiger partial charge in [-0.25, -0.2) is 0 Å². The summed E-state index contributed by atoms with van der Waals surface area (Å²) in [6.07, 6.45) is 3.33. The fraction of sp³-hybridized carbons (Fsp3) is 0.625. The van der Waals surface area contributed by atoms with Gasteiger partial charge in [-0.3, -0.25) is 0 Å². The molecule has 2 unspecified atom stereocenters. The molecule has 1 N–H and O–H groups in total. The summed E-state index contributed by atoms with van der Waals surface area (Å²) >= 11 is 0. The summed E-state index contributed by atoms with van der Waals surface area (Å²) in [6.45, 7) is 4.72. The second-order valence-electron chi connectivity index (χ2n) is 5.19. The third-order valence-corrected chi connectivity index (χ3v) is 3.70. The SMILES string of the molecule is CCCOc1ccccc1C(CC1CCOC1)NC. The van der Waals surface area contributed by atoms with Crippen LogP contribution in [0.5, 0.6) is 5.75 Å². The first-order chi connectivity index (χ1) is 9.35. The number of hydrogen-bond acceptors (Lipinski definition) is 3. The lowest BCUT2D eigenvalue weighted by Crippen LogP contribution is -2.21. The Morgan fingerprint density at radius 1 is 1.42 bits per heavy atom. The largest absolute Gasteiger partial charge is 0.493 e. The molecule has 1 aliphatic heterocycles. The highest BCUT2D eigenvalue weighted by atomic mass is 16.5. The van der Waals surface area contributed by atoms with Crippen molar-refractivity contribution < 1.29 is 9.47 Å². The van der Waals surface area contributed by atoms with Crippen LogP contribution in [0.4, 0.5) is 0 Å². The first-order valence-corrected chi connectivity index (χ1v) is 7.31. The third-order valence-electron chi connectivity index (χ3n) is 3.70. The molecule has 1 aromatic carbocycles. The lowest BCUT2D eigenvalue weighted by Gasteiger charge is -2.22. The second kappa shape index (κ2) is 7.51. The first kappa shape index (κ1) is 14.4. The topological polar surface area (TPSA) is 30.5 Å². The van der Waals surface area contributed by atoms with Gasteiger partial charge >= 0.3 is 0 Å². The predicted molar refractivity (Wildman–Crippen MR) is 77.6 cm³/mol. The van der Waals surface area contributed by atoms with Crippen molar-refractivity contribution in [2.75, 3.05) is 26.9 Å². The summed E-state index contributed by atoms with van der Waals surface area (Å²) < 4.78 is 11.3. The predicted octanol–water partition coefficient (Wildman–Crippen LogP) is 3.16. The molecule has 0 amide bonds. The Kier molecular flexibility index (Phi) is 5.67. The average Bonchev–Trinajstić information content (AvgIpc) is 2.96. The molecule has 1 aromatic rings. The van der Waals surface area contributed by atoms with E-state index in [-0.39, 0.29) is 0 Å². The van der Waals surface area contributed by atoms with Gasteiger partial charge in [0.15, 0.2) is 0 Å². The number of ether oxygens (including phenoxy) is 2. The Bertz CT molecular complexity index is 375. The van der Waals surface area contributed by atoms with Gasteiger partial charge in [-0.15, -0.1) is 0 Å². The van der Waals surface area contributed by atoms with Crippen LogP contribution in [0.25, 0.3) is 0 Å². The minimum absolute atomic E-state index is 0.347. The van der Waals surface area contributed by atoms with Crippen molar-refractivity contribution in [2.45, 2.75) is 32.2 Å². The molecule has 1 heterocycles. The lowest BCUT2D eigenvalue weighted by atomic mass is 9.94. The molecule has 2 rings (SSSR count). The molecular formula is C16H25NO2. The van der Waals surface area contributed by atoms with Gasteiger partial charge in [0.2, 0.25) is 0 Å². The number of hydrogen-bond donors (Lipinski definition) is 1. The van der Waals surface area contributed by atoms with Gasteiger partial charge in [-0.05, 0) is 38.3 Å². The van der Waals surface area contributed by atoms with E-state index < -0.39 is 0 Å². The molecule has 0 aliphatic carbocycles. The van der Waals surface area contributed by atoms with E-state index in [1.54, 1.807) is 0 Å². The van der Waals surface area contributed by atoms with Gasteiger partial charge in [0, 0.05) is 24.8 Å². The highest BCUT2D eigenvalue weighted by Gasteiger charge is 2.22. The van der Waals surface area contributed by atoms with E-state index in [0.29, 0.717) is 12.0 Å². The van der Waals surface area contributed by atoms with Crippen LogP contribution in [0.2, 0.25) is 0 Å². The van der Waals surface area contributed by atoms with Crippen LogP contribution < -0.4 is 10.1 Å². The molecule has 2 atom stereocenters. The molecule has 1 aliphatic rings. The fourth-order valence-corrected chi connectivity index (χ4v) is 2.61. The minimum Gasteiger partial charge on any atom is -0.493 e. The van der Waals surface area contributed by atoms with E-state index >= 15 is 0 Å². The number of para-hydroxylation sites is 1. The van der Waals surface area contributed by atoms with Gasteiger partial charge in [0.1, 0.15) is 5.75 Å². The minimum atomic E-state index is 0.347. The molecule has 0 radical (unpaired) electrons. The molecule has 3 nitrogen and oxygen atoms in total. The summed E-state index contributed by atoms with van der Waals surface area (Å²) in [6, 6.07) is 8.71. The Balaban J connectivity index is 2.07. The summed E-state index contributed by atoms with van der Waals surface area (Å²) in [5.74, 6) is 1.68. The van der Waals surface area contributed by atoms with Crippen molar-refractivity contribution in [3.05, 3.63) is 29.8 Å². The van der Waals surface area contributed by atoms with E-state index in [4.69, 9.17) is 9.47 Å². The van der Waals surface area contributed by atoms with Gasteiger partial charge in [0.25, 0.3) is 0 Å². The molecule has 106 valence electrons. The fourth-order valence-electron chi connectivity index (χ4n) is 2.61. The average molecular weight is 263 g/mol. The molecule has 0 spiro atoms.